The lowest BCUT2D eigenvalue weighted by atomic mass is 10.2. The third-order valence-corrected chi connectivity index (χ3v) is 7.14. The Balaban J connectivity index is 1.99. The molecule has 3 rings (SSSR count). The fraction of sp³-hybridized carbons (Fsp3) is 0.0526. The molecule has 0 saturated heterocycles. The highest BCUT2D eigenvalue weighted by atomic mass is 79.9. The van der Waals surface area contributed by atoms with Crippen molar-refractivity contribution in [2.24, 2.45) is 0 Å². The Labute approximate surface area is 136 Å². The first-order valence-electron chi connectivity index (χ1n) is 7.04. The molecular formula is C19H16BrSi. The second kappa shape index (κ2) is 6.88. The van der Waals surface area contributed by atoms with Crippen LogP contribution in [0.4, 0.5) is 0 Å². The van der Waals surface area contributed by atoms with Gasteiger partial charge in [0.2, 0.25) is 0 Å². The highest BCUT2D eigenvalue weighted by Gasteiger charge is 2.18. The fourth-order valence-electron chi connectivity index (χ4n) is 2.48. The molecule has 3 aromatic carbocycles. The summed E-state index contributed by atoms with van der Waals surface area (Å²) in [5, 5.41) is 2.92. The van der Waals surface area contributed by atoms with Gasteiger partial charge in [-0.25, -0.2) is 0 Å². The molecule has 0 saturated carbocycles. The summed E-state index contributed by atoms with van der Waals surface area (Å²) < 4.78 is 1.21. The van der Waals surface area contributed by atoms with Crippen molar-refractivity contribution in [2.75, 3.05) is 0 Å². The van der Waals surface area contributed by atoms with E-state index in [0.717, 1.165) is 6.04 Å². The zero-order valence-electron chi connectivity index (χ0n) is 11.7. The summed E-state index contributed by atoms with van der Waals surface area (Å²) in [6.07, 6.45) is 0. The van der Waals surface area contributed by atoms with E-state index in [0.29, 0.717) is 0 Å². The van der Waals surface area contributed by atoms with Crippen LogP contribution in [-0.2, 0) is 6.04 Å². The van der Waals surface area contributed by atoms with E-state index in [4.69, 9.17) is 0 Å². The molecule has 0 nitrogen and oxygen atoms in total. The van der Waals surface area contributed by atoms with Crippen LogP contribution >= 0.6 is 15.9 Å². The van der Waals surface area contributed by atoms with Crippen LogP contribution in [-0.4, -0.2) is 8.80 Å². The number of halogens is 1. The van der Waals surface area contributed by atoms with Crippen molar-refractivity contribution in [2.45, 2.75) is 6.04 Å². The van der Waals surface area contributed by atoms with Crippen molar-refractivity contribution in [3.8, 4) is 0 Å². The van der Waals surface area contributed by atoms with E-state index >= 15 is 0 Å². The van der Waals surface area contributed by atoms with E-state index in [9.17, 15) is 0 Å². The van der Waals surface area contributed by atoms with Crippen molar-refractivity contribution in [1.29, 1.82) is 0 Å². The standard InChI is InChI=1S/C19H16BrSi/c20-19-14-8-7-9-16(19)15-21(17-10-3-1-4-11-17)18-12-5-2-6-13-18/h1-14H,15H2. The topological polar surface area (TPSA) is 0 Å². The predicted octanol–water partition coefficient (Wildman–Crippen LogP) is 3.84. The molecule has 0 amide bonds. The monoisotopic (exact) mass is 351 g/mol. The van der Waals surface area contributed by atoms with Crippen molar-refractivity contribution < 1.29 is 0 Å². The maximum absolute atomic E-state index is 3.69. The molecule has 0 unspecified atom stereocenters. The van der Waals surface area contributed by atoms with Gasteiger partial charge < -0.3 is 0 Å². The molecule has 1 radical (unpaired) electrons. The van der Waals surface area contributed by atoms with E-state index < -0.39 is 8.80 Å². The number of hydrogen-bond acceptors (Lipinski definition) is 0. The molecule has 0 heterocycles. The molecule has 21 heavy (non-hydrogen) atoms. The Morgan fingerprint density at radius 1 is 0.619 bits per heavy atom. The maximum Gasteiger partial charge on any atom is 0.125 e. The van der Waals surface area contributed by atoms with Gasteiger partial charge >= 0.3 is 0 Å². The molecule has 0 fully saturated rings. The van der Waals surface area contributed by atoms with Gasteiger partial charge in [0.25, 0.3) is 0 Å². The Hall–Kier alpha value is -1.64. The Morgan fingerprint density at radius 3 is 1.62 bits per heavy atom. The minimum absolute atomic E-state index is 0.804. The second-order valence-electron chi connectivity index (χ2n) is 4.98. The van der Waals surface area contributed by atoms with Crippen molar-refractivity contribution in [3.05, 3.63) is 95.0 Å². The summed E-state index contributed by atoms with van der Waals surface area (Å²) in [5.74, 6) is 0. The lowest BCUT2D eigenvalue weighted by Gasteiger charge is -2.17. The van der Waals surface area contributed by atoms with Gasteiger partial charge in [-0.1, -0.05) is 105 Å². The SMILES string of the molecule is Brc1ccccc1C[Si](c1ccccc1)c1ccccc1. The van der Waals surface area contributed by atoms with E-state index in [2.05, 4.69) is 101 Å². The van der Waals surface area contributed by atoms with Gasteiger partial charge in [-0.05, 0) is 17.7 Å². The summed E-state index contributed by atoms with van der Waals surface area (Å²) in [6.45, 7) is 0. The average Bonchev–Trinajstić information content (AvgIpc) is 2.56. The second-order valence-corrected chi connectivity index (χ2v) is 8.30. The zero-order chi connectivity index (χ0) is 14.5. The quantitative estimate of drug-likeness (QED) is 0.626. The van der Waals surface area contributed by atoms with Gasteiger partial charge in [-0.2, -0.15) is 0 Å². The first-order chi connectivity index (χ1) is 10.3. The molecule has 0 aromatic heterocycles. The van der Waals surface area contributed by atoms with Crippen LogP contribution in [0, 0.1) is 0 Å². The van der Waals surface area contributed by atoms with Gasteiger partial charge in [0.15, 0.2) is 0 Å². The molecule has 0 bridgehead atoms. The maximum atomic E-state index is 3.69. The van der Waals surface area contributed by atoms with Crippen LogP contribution in [0.1, 0.15) is 5.56 Å². The third-order valence-electron chi connectivity index (χ3n) is 3.57. The Morgan fingerprint density at radius 2 is 1.10 bits per heavy atom. The number of benzene rings is 3. The molecule has 0 spiro atoms. The van der Waals surface area contributed by atoms with Crippen molar-refractivity contribution in [1.82, 2.24) is 0 Å². The summed E-state index contributed by atoms with van der Waals surface area (Å²) in [7, 11) is -0.804. The summed E-state index contributed by atoms with van der Waals surface area (Å²) in [5.41, 5.74) is 1.39. The average molecular weight is 352 g/mol. The Kier molecular flexibility index (Phi) is 4.68. The van der Waals surface area contributed by atoms with Crippen molar-refractivity contribution >= 4 is 35.1 Å². The predicted molar refractivity (Wildman–Crippen MR) is 95.8 cm³/mol. The van der Waals surface area contributed by atoms with E-state index in [1.165, 1.54) is 20.4 Å². The van der Waals surface area contributed by atoms with Gasteiger partial charge in [-0.15, -0.1) is 0 Å². The van der Waals surface area contributed by atoms with Crippen LogP contribution in [0.3, 0.4) is 0 Å². The van der Waals surface area contributed by atoms with Crippen molar-refractivity contribution in [3.63, 3.8) is 0 Å². The van der Waals surface area contributed by atoms with Crippen LogP contribution in [0.15, 0.2) is 89.4 Å². The third kappa shape index (κ3) is 3.52. The molecule has 3 aromatic rings. The van der Waals surface area contributed by atoms with Crippen LogP contribution in [0.5, 0.6) is 0 Å². The summed E-state index contributed by atoms with van der Waals surface area (Å²) >= 11 is 3.69. The molecule has 2 heteroatoms. The first kappa shape index (κ1) is 14.3. The van der Waals surface area contributed by atoms with E-state index in [1.54, 1.807) is 0 Å². The highest BCUT2D eigenvalue weighted by Crippen LogP contribution is 2.17. The lowest BCUT2D eigenvalue weighted by Crippen LogP contribution is -2.44. The van der Waals surface area contributed by atoms with Gasteiger partial charge in [0, 0.05) is 4.47 Å². The normalized spacial score (nSPS) is 10.8. The minimum Gasteiger partial charge on any atom is -0.0628 e. The first-order valence-corrected chi connectivity index (χ1v) is 9.54. The van der Waals surface area contributed by atoms with Gasteiger partial charge in [-0.3, -0.25) is 0 Å². The molecule has 0 aliphatic heterocycles. The molecule has 0 aliphatic carbocycles. The zero-order valence-corrected chi connectivity index (χ0v) is 14.3. The molecule has 103 valence electrons. The minimum atomic E-state index is -0.804. The smallest absolute Gasteiger partial charge is 0.0628 e. The van der Waals surface area contributed by atoms with E-state index in [-0.39, 0.29) is 0 Å². The largest absolute Gasteiger partial charge is 0.125 e. The molecule has 0 atom stereocenters. The number of rotatable bonds is 4. The Bertz CT molecular complexity index is 656. The fourth-order valence-corrected chi connectivity index (χ4v) is 5.79. The van der Waals surface area contributed by atoms with Crippen LogP contribution < -0.4 is 10.4 Å². The summed E-state index contributed by atoms with van der Waals surface area (Å²) in [6, 6.07) is 31.4. The van der Waals surface area contributed by atoms with E-state index in [1.807, 2.05) is 0 Å². The van der Waals surface area contributed by atoms with Gasteiger partial charge in [0.1, 0.15) is 8.80 Å². The van der Waals surface area contributed by atoms with Crippen LogP contribution in [0.2, 0.25) is 0 Å². The highest BCUT2D eigenvalue weighted by molar-refractivity contribution is 9.10. The summed E-state index contributed by atoms with van der Waals surface area (Å²) in [4.78, 5) is 0. The lowest BCUT2D eigenvalue weighted by molar-refractivity contribution is 1.34. The van der Waals surface area contributed by atoms with Crippen LogP contribution in [0.25, 0.3) is 0 Å². The molecule has 0 N–H and O–H groups in total. The molecular weight excluding hydrogens is 336 g/mol. The van der Waals surface area contributed by atoms with Gasteiger partial charge in [0.05, 0.1) is 0 Å². The molecule has 0 aliphatic rings. The number of hydrogen-bond donors (Lipinski definition) is 0.